The summed E-state index contributed by atoms with van der Waals surface area (Å²) in [4.78, 5) is 4.19. The number of nitrogens with one attached hydrogen (secondary N) is 2. The van der Waals surface area contributed by atoms with Crippen LogP contribution in [0.25, 0.3) is 0 Å². The van der Waals surface area contributed by atoms with E-state index in [1.165, 1.54) is 19.3 Å². The van der Waals surface area contributed by atoms with E-state index in [2.05, 4.69) is 34.6 Å². The molecule has 0 saturated heterocycles. The van der Waals surface area contributed by atoms with Crippen LogP contribution in [0.5, 0.6) is 0 Å². The normalized spacial score (nSPS) is 15.1. The summed E-state index contributed by atoms with van der Waals surface area (Å²) in [5, 5.41) is 10.6. The molecule has 1 aliphatic carbocycles. The Labute approximate surface area is 138 Å². The smallest absolute Gasteiger partial charge is 0.191 e. The fourth-order valence-electron chi connectivity index (χ4n) is 1.88. The number of hydrogen-bond acceptors (Lipinski definition) is 3. The van der Waals surface area contributed by atoms with Gasteiger partial charge in [0.15, 0.2) is 11.7 Å². The van der Waals surface area contributed by atoms with Gasteiger partial charge >= 0.3 is 0 Å². The van der Waals surface area contributed by atoms with Crippen molar-refractivity contribution in [2.24, 2.45) is 10.9 Å². The van der Waals surface area contributed by atoms with Crippen LogP contribution in [0.4, 0.5) is 0 Å². The predicted molar refractivity (Wildman–Crippen MR) is 91.5 cm³/mol. The molecule has 0 amide bonds. The Morgan fingerprint density at radius 3 is 2.75 bits per heavy atom. The van der Waals surface area contributed by atoms with Crippen LogP contribution in [0.1, 0.15) is 50.5 Å². The van der Waals surface area contributed by atoms with Gasteiger partial charge < -0.3 is 15.2 Å². The first-order valence-corrected chi connectivity index (χ1v) is 7.09. The molecule has 1 aromatic heterocycles. The van der Waals surface area contributed by atoms with Gasteiger partial charge in [0.1, 0.15) is 0 Å². The van der Waals surface area contributed by atoms with Gasteiger partial charge in [0, 0.05) is 19.7 Å². The number of halogens is 1. The molecule has 5 nitrogen and oxygen atoms in total. The molecule has 0 atom stereocenters. The summed E-state index contributed by atoms with van der Waals surface area (Å²) in [6.07, 6.45) is 4.02. The highest BCUT2D eigenvalue weighted by molar-refractivity contribution is 14.0. The van der Waals surface area contributed by atoms with Crippen LogP contribution in [0.3, 0.4) is 0 Å². The Morgan fingerprint density at radius 1 is 1.45 bits per heavy atom. The summed E-state index contributed by atoms with van der Waals surface area (Å²) in [6, 6.07) is 2.00. The molecular weight excluding hydrogens is 367 g/mol. The molecule has 2 N–H and O–H groups in total. The van der Waals surface area contributed by atoms with Crippen molar-refractivity contribution < 1.29 is 4.52 Å². The van der Waals surface area contributed by atoms with Crippen LogP contribution in [-0.4, -0.2) is 24.7 Å². The molecule has 20 heavy (non-hydrogen) atoms. The fourth-order valence-corrected chi connectivity index (χ4v) is 1.88. The van der Waals surface area contributed by atoms with Crippen molar-refractivity contribution in [1.29, 1.82) is 0 Å². The van der Waals surface area contributed by atoms with E-state index in [0.29, 0.717) is 12.5 Å². The Balaban J connectivity index is 0.00000200. The Kier molecular flexibility index (Phi) is 7.32. The van der Waals surface area contributed by atoms with Gasteiger partial charge in [0.2, 0.25) is 0 Å². The maximum atomic E-state index is 5.28. The van der Waals surface area contributed by atoms with Gasteiger partial charge in [-0.3, -0.25) is 4.99 Å². The van der Waals surface area contributed by atoms with Gasteiger partial charge in [-0.15, -0.1) is 24.0 Å². The average Bonchev–Trinajstić information content (AvgIpc) is 3.09. The zero-order valence-corrected chi connectivity index (χ0v) is 14.8. The highest BCUT2D eigenvalue weighted by atomic mass is 127. The molecule has 0 aliphatic heterocycles. The second-order valence-electron chi connectivity index (χ2n) is 5.46. The second kappa shape index (κ2) is 8.49. The highest BCUT2D eigenvalue weighted by Gasteiger charge is 2.20. The molecule has 0 radical (unpaired) electrons. The molecule has 1 aromatic rings. The van der Waals surface area contributed by atoms with Gasteiger partial charge in [-0.25, -0.2) is 0 Å². The quantitative estimate of drug-likeness (QED) is 0.444. The molecule has 0 bridgehead atoms. The molecule has 1 heterocycles. The molecular formula is C14H25IN4O. The number of rotatable bonds is 6. The van der Waals surface area contributed by atoms with Crippen LogP contribution in [-0.2, 0) is 6.54 Å². The SMILES string of the molecule is CN=C(NCCC1CC1)NCc1cc(C(C)C)no1.I. The summed E-state index contributed by atoms with van der Waals surface area (Å²) in [5.41, 5.74) is 0.994. The van der Waals surface area contributed by atoms with Crippen molar-refractivity contribution >= 4 is 29.9 Å². The second-order valence-corrected chi connectivity index (χ2v) is 5.46. The first-order valence-electron chi connectivity index (χ1n) is 7.09. The van der Waals surface area contributed by atoms with Gasteiger partial charge in [0.05, 0.1) is 12.2 Å². The maximum Gasteiger partial charge on any atom is 0.191 e. The summed E-state index contributed by atoms with van der Waals surface area (Å²) in [7, 11) is 1.78. The average molecular weight is 392 g/mol. The van der Waals surface area contributed by atoms with E-state index < -0.39 is 0 Å². The van der Waals surface area contributed by atoms with Crippen LogP contribution in [0.15, 0.2) is 15.6 Å². The molecule has 0 spiro atoms. The van der Waals surface area contributed by atoms with E-state index in [-0.39, 0.29) is 24.0 Å². The van der Waals surface area contributed by atoms with Gasteiger partial charge in [-0.2, -0.15) is 0 Å². The van der Waals surface area contributed by atoms with Crippen molar-refractivity contribution in [3.63, 3.8) is 0 Å². The lowest BCUT2D eigenvalue weighted by atomic mass is 10.1. The molecule has 1 fully saturated rings. The molecule has 0 aromatic carbocycles. The monoisotopic (exact) mass is 392 g/mol. The molecule has 0 unspecified atom stereocenters. The van der Waals surface area contributed by atoms with E-state index in [1.54, 1.807) is 7.05 Å². The lowest BCUT2D eigenvalue weighted by Gasteiger charge is -2.10. The van der Waals surface area contributed by atoms with Crippen LogP contribution in [0.2, 0.25) is 0 Å². The Hall–Kier alpha value is -0.790. The Morgan fingerprint density at radius 2 is 2.20 bits per heavy atom. The largest absolute Gasteiger partial charge is 0.359 e. The minimum absolute atomic E-state index is 0. The number of guanidine groups is 1. The predicted octanol–water partition coefficient (Wildman–Crippen LogP) is 2.88. The van der Waals surface area contributed by atoms with Gasteiger partial charge in [0.25, 0.3) is 0 Å². The third kappa shape index (κ3) is 5.68. The fraction of sp³-hybridized carbons (Fsp3) is 0.714. The van der Waals surface area contributed by atoms with Crippen molar-refractivity contribution in [2.45, 2.75) is 45.6 Å². The van der Waals surface area contributed by atoms with E-state index >= 15 is 0 Å². The first-order chi connectivity index (χ1) is 9.19. The van der Waals surface area contributed by atoms with E-state index in [0.717, 1.165) is 29.9 Å². The van der Waals surface area contributed by atoms with Crippen molar-refractivity contribution in [2.75, 3.05) is 13.6 Å². The zero-order chi connectivity index (χ0) is 13.7. The van der Waals surface area contributed by atoms with Crippen LogP contribution < -0.4 is 10.6 Å². The topological polar surface area (TPSA) is 62.5 Å². The van der Waals surface area contributed by atoms with Crippen LogP contribution in [0, 0.1) is 5.92 Å². The summed E-state index contributed by atoms with van der Waals surface area (Å²) in [6.45, 7) is 5.81. The lowest BCUT2D eigenvalue weighted by Crippen LogP contribution is -2.37. The molecule has 6 heteroatoms. The minimum Gasteiger partial charge on any atom is -0.359 e. The standard InChI is InChI=1S/C14H24N4O.HI/c1-10(2)13-8-12(19-18-13)9-17-14(15-3)16-7-6-11-4-5-11;/h8,10-11H,4-7,9H2,1-3H3,(H2,15,16,17);1H. The third-order valence-corrected chi connectivity index (χ3v) is 3.36. The number of aromatic nitrogens is 1. The number of aliphatic imine (C=N–C) groups is 1. The van der Waals surface area contributed by atoms with E-state index in [9.17, 15) is 0 Å². The van der Waals surface area contributed by atoms with Crippen LogP contribution >= 0.6 is 24.0 Å². The highest BCUT2D eigenvalue weighted by Crippen LogP contribution is 2.31. The molecule has 2 rings (SSSR count). The molecule has 1 saturated carbocycles. The third-order valence-electron chi connectivity index (χ3n) is 3.36. The molecule has 1 aliphatic rings. The number of nitrogens with zero attached hydrogens (tertiary/aromatic N) is 2. The summed E-state index contributed by atoms with van der Waals surface area (Å²) >= 11 is 0. The van der Waals surface area contributed by atoms with Gasteiger partial charge in [-0.1, -0.05) is 31.8 Å². The lowest BCUT2D eigenvalue weighted by molar-refractivity contribution is 0.372. The maximum absolute atomic E-state index is 5.28. The zero-order valence-electron chi connectivity index (χ0n) is 12.5. The van der Waals surface area contributed by atoms with Crippen molar-refractivity contribution in [3.05, 3.63) is 17.5 Å². The Bertz CT molecular complexity index is 427. The number of hydrogen-bond donors (Lipinski definition) is 2. The van der Waals surface area contributed by atoms with E-state index in [1.807, 2.05) is 6.07 Å². The molecule has 114 valence electrons. The summed E-state index contributed by atoms with van der Waals surface area (Å²) in [5.74, 6) is 3.00. The van der Waals surface area contributed by atoms with Gasteiger partial charge in [-0.05, 0) is 18.3 Å². The minimum atomic E-state index is 0. The first kappa shape index (κ1) is 17.3. The van der Waals surface area contributed by atoms with Crippen molar-refractivity contribution in [3.8, 4) is 0 Å². The van der Waals surface area contributed by atoms with E-state index in [4.69, 9.17) is 4.52 Å². The van der Waals surface area contributed by atoms with Crippen molar-refractivity contribution in [1.82, 2.24) is 15.8 Å². The summed E-state index contributed by atoms with van der Waals surface area (Å²) < 4.78 is 5.28.